The Morgan fingerprint density at radius 1 is 1.29 bits per heavy atom. The van der Waals surface area contributed by atoms with Crippen molar-refractivity contribution in [3.63, 3.8) is 0 Å². The van der Waals surface area contributed by atoms with Crippen molar-refractivity contribution >= 4 is 24.2 Å². The fraction of sp³-hybridized carbons (Fsp3) is 0.0833. The van der Waals surface area contributed by atoms with Crippen molar-refractivity contribution in [3.05, 3.63) is 41.5 Å². The first-order valence-corrected chi connectivity index (χ1v) is 4.96. The van der Waals surface area contributed by atoms with Gasteiger partial charge in [0.25, 0.3) is 5.91 Å². The molecule has 0 radical (unpaired) electrons. The summed E-state index contributed by atoms with van der Waals surface area (Å²) >= 11 is 0. The second-order valence-electron chi connectivity index (χ2n) is 3.32. The van der Waals surface area contributed by atoms with Crippen LogP contribution in [0.2, 0.25) is 0 Å². The highest BCUT2D eigenvalue weighted by atomic mass is 16.1. The number of hydrogen-bond acceptors (Lipinski definition) is 2. The van der Waals surface area contributed by atoms with Gasteiger partial charge in [-0.25, -0.2) is 0 Å². The summed E-state index contributed by atoms with van der Waals surface area (Å²) in [6, 6.07) is 7.24. The van der Waals surface area contributed by atoms with E-state index >= 15 is 0 Å². The van der Waals surface area contributed by atoms with Gasteiger partial charge in [-0.05, 0) is 17.2 Å². The number of benzene rings is 1. The van der Waals surface area contributed by atoms with E-state index in [4.69, 9.17) is 11.5 Å². The summed E-state index contributed by atoms with van der Waals surface area (Å²) in [5.41, 5.74) is 11.9. The highest BCUT2D eigenvalue weighted by molar-refractivity contribution is 5.99. The number of nitrogens with two attached hydrogens (primary N) is 2. The Bertz CT molecular complexity index is 463. The summed E-state index contributed by atoms with van der Waals surface area (Å²) in [6.45, 7) is 0. The maximum absolute atomic E-state index is 11.1. The fourth-order valence-corrected chi connectivity index (χ4v) is 1.19. The Hall–Kier alpha value is -2.43. The zero-order valence-electron chi connectivity index (χ0n) is 9.17. The van der Waals surface area contributed by atoms with Crippen LogP contribution in [0.15, 0.2) is 35.3 Å². The lowest BCUT2D eigenvalue weighted by molar-refractivity contribution is -0.113. The van der Waals surface area contributed by atoms with E-state index in [1.165, 1.54) is 6.08 Å². The van der Waals surface area contributed by atoms with Crippen molar-refractivity contribution < 1.29 is 11.0 Å². The number of guanidine groups is 1. The van der Waals surface area contributed by atoms with E-state index in [2.05, 4.69) is 4.99 Å². The number of hydrogen-bond donors (Lipinski definition) is 2. The number of carbonyl (C=O) groups is 2. The lowest BCUT2D eigenvalue weighted by Crippen LogP contribution is -2.23. The second-order valence-corrected chi connectivity index (χ2v) is 3.32. The van der Waals surface area contributed by atoms with Crippen molar-refractivity contribution in [2.75, 3.05) is 0 Å². The van der Waals surface area contributed by atoms with Gasteiger partial charge in [0.05, 0.1) is 0 Å². The van der Waals surface area contributed by atoms with Crippen LogP contribution in [0.25, 0.3) is 6.08 Å². The largest absolute Gasteiger partial charge is 0.370 e. The quantitative estimate of drug-likeness (QED) is 0.342. The van der Waals surface area contributed by atoms with E-state index in [1.807, 2.05) is 12.1 Å². The molecule has 0 aromatic heterocycles. The molecule has 1 amide bonds. The molecule has 0 aliphatic carbocycles. The Kier molecular flexibility index (Phi) is 4.62. The minimum absolute atomic E-state index is 0. The van der Waals surface area contributed by atoms with Crippen molar-refractivity contribution in [1.29, 1.82) is 0 Å². The van der Waals surface area contributed by atoms with Crippen LogP contribution in [0.1, 0.15) is 12.6 Å². The molecular formula is C12H15N3O2. The first-order chi connectivity index (χ1) is 8.11. The maximum Gasteiger partial charge on any atom is 0.272 e. The molecule has 0 bridgehead atoms. The van der Waals surface area contributed by atoms with Crippen LogP contribution in [-0.2, 0) is 16.0 Å². The zero-order valence-corrected chi connectivity index (χ0v) is 9.17. The SMILES string of the molecule is NC(N)=NC(=O)/C=C/c1ccc(CC=O)cc1.[HH]. The molecule has 1 aromatic rings. The molecule has 5 heteroatoms. The number of aldehydes is 1. The monoisotopic (exact) mass is 233 g/mol. The van der Waals surface area contributed by atoms with Gasteiger partial charge in [0.2, 0.25) is 0 Å². The number of aliphatic imine (C=N–C) groups is 1. The van der Waals surface area contributed by atoms with Gasteiger partial charge in [-0.3, -0.25) is 4.79 Å². The van der Waals surface area contributed by atoms with Crippen LogP contribution >= 0.6 is 0 Å². The lowest BCUT2D eigenvalue weighted by atomic mass is 10.1. The van der Waals surface area contributed by atoms with Gasteiger partial charge in [0, 0.05) is 13.9 Å². The fourth-order valence-electron chi connectivity index (χ4n) is 1.19. The highest BCUT2D eigenvalue weighted by Gasteiger charge is 1.94. The highest BCUT2D eigenvalue weighted by Crippen LogP contribution is 2.06. The molecule has 0 heterocycles. The Balaban J connectivity index is 0.00000289. The molecule has 0 aliphatic rings. The summed E-state index contributed by atoms with van der Waals surface area (Å²) < 4.78 is 0. The van der Waals surface area contributed by atoms with Gasteiger partial charge in [-0.2, -0.15) is 4.99 Å². The van der Waals surface area contributed by atoms with Crippen LogP contribution in [0.3, 0.4) is 0 Å². The van der Waals surface area contributed by atoms with Crippen molar-refractivity contribution in [1.82, 2.24) is 0 Å². The summed E-state index contributed by atoms with van der Waals surface area (Å²) in [7, 11) is 0. The molecule has 0 spiro atoms. The van der Waals surface area contributed by atoms with E-state index in [9.17, 15) is 9.59 Å². The van der Waals surface area contributed by atoms with Crippen LogP contribution in [0.4, 0.5) is 0 Å². The third-order valence-corrected chi connectivity index (χ3v) is 1.96. The average Bonchev–Trinajstić information content (AvgIpc) is 2.28. The molecule has 0 unspecified atom stereocenters. The van der Waals surface area contributed by atoms with Crippen molar-refractivity contribution in [2.45, 2.75) is 6.42 Å². The summed E-state index contributed by atoms with van der Waals surface area (Å²) in [6.07, 6.45) is 4.10. The summed E-state index contributed by atoms with van der Waals surface area (Å²) in [4.78, 5) is 24.7. The molecule has 0 aliphatic heterocycles. The topological polar surface area (TPSA) is 98.5 Å². The van der Waals surface area contributed by atoms with Gasteiger partial charge in [0.15, 0.2) is 5.96 Å². The molecule has 5 nitrogen and oxygen atoms in total. The molecule has 0 fully saturated rings. The number of amides is 1. The number of nitrogens with zero attached hydrogens (tertiary/aromatic N) is 1. The third kappa shape index (κ3) is 4.74. The van der Waals surface area contributed by atoms with Crippen LogP contribution < -0.4 is 11.5 Å². The van der Waals surface area contributed by atoms with Gasteiger partial charge < -0.3 is 16.3 Å². The molecule has 0 saturated carbocycles. The van der Waals surface area contributed by atoms with Crippen molar-refractivity contribution in [3.8, 4) is 0 Å². The van der Waals surface area contributed by atoms with E-state index < -0.39 is 5.91 Å². The number of rotatable bonds is 4. The zero-order chi connectivity index (χ0) is 12.7. The van der Waals surface area contributed by atoms with Gasteiger partial charge in [-0.1, -0.05) is 24.3 Å². The van der Waals surface area contributed by atoms with Crippen LogP contribution in [-0.4, -0.2) is 18.2 Å². The first kappa shape index (κ1) is 12.6. The van der Waals surface area contributed by atoms with E-state index in [-0.39, 0.29) is 7.39 Å². The standard InChI is InChI=1S/C12H13N3O2.H2/c13-12(14)15-11(17)6-5-9-1-3-10(4-2-9)7-8-16;/h1-6,8H,7H2,(H4,13,14,15,17);1H/b6-5+;. The Morgan fingerprint density at radius 3 is 2.47 bits per heavy atom. The molecule has 17 heavy (non-hydrogen) atoms. The third-order valence-electron chi connectivity index (χ3n) is 1.96. The molecule has 0 saturated heterocycles. The Labute approximate surface area is 100 Å². The van der Waals surface area contributed by atoms with E-state index in [1.54, 1.807) is 18.2 Å². The minimum Gasteiger partial charge on any atom is -0.370 e. The van der Waals surface area contributed by atoms with Crippen molar-refractivity contribution in [2.24, 2.45) is 16.5 Å². The maximum atomic E-state index is 11.1. The predicted octanol–water partition coefficient (Wildman–Crippen LogP) is 0.487. The molecule has 90 valence electrons. The molecule has 4 N–H and O–H groups in total. The average molecular weight is 233 g/mol. The first-order valence-electron chi connectivity index (χ1n) is 4.96. The van der Waals surface area contributed by atoms with Crippen LogP contribution in [0.5, 0.6) is 0 Å². The van der Waals surface area contributed by atoms with Gasteiger partial charge >= 0.3 is 0 Å². The van der Waals surface area contributed by atoms with E-state index in [0.717, 1.165) is 17.4 Å². The number of carbonyl (C=O) groups excluding carboxylic acids is 2. The summed E-state index contributed by atoms with van der Waals surface area (Å²) in [5, 5.41) is 0. The predicted molar refractivity (Wildman–Crippen MR) is 68.2 cm³/mol. The lowest BCUT2D eigenvalue weighted by Gasteiger charge is -1.96. The normalized spacial score (nSPS) is 10.1. The smallest absolute Gasteiger partial charge is 0.272 e. The Morgan fingerprint density at radius 2 is 1.94 bits per heavy atom. The minimum atomic E-state index is -0.512. The van der Waals surface area contributed by atoms with E-state index in [0.29, 0.717) is 6.42 Å². The van der Waals surface area contributed by atoms with Gasteiger partial charge in [-0.15, -0.1) is 0 Å². The molecular weight excluding hydrogens is 218 g/mol. The molecule has 1 rings (SSSR count). The molecule has 0 atom stereocenters. The summed E-state index contributed by atoms with van der Waals surface area (Å²) in [5.74, 6) is -0.775. The second kappa shape index (κ2) is 6.22. The van der Waals surface area contributed by atoms with Gasteiger partial charge in [0.1, 0.15) is 6.29 Å². The van der Waals surface area contributed by atoms with Crippen LogP contribution in [0, 0.1) is 0 Å². The molecule has 1 aromatic carbocycles.